The largest absolute Gasteiger partial charge is 0.478 e. The number of aromatic nitrogens is 6. The first kappa shape index (κ1) is 34.2. The van der Waals surface area contributed by atoms with E-state index in [1.807, 2.05) is 11.0 Å². The lowest BCUT2D eigenvalue weighted by atomic mass is 9.92. The van der Waals surface area contributed by atoms with Gasteiger partial charge in [-0.25, -0.2) is 23.5 Å². The number of fused-ring (bicyclic) bond motifs is 2. The highest BCUT2D eigenvalue weighted by atomic mass is 19.3. The molecule has 0 saturated carbocycles. The number of aryl methyl sites for hydroxylation is 2. The predicted molar refractivity (Wildman–Crippen MR) is 190 cm³/mol. The lowest BCUT2D eigenvalue weighted by Gasteiger charge is -2.42. The van der Waals surface area contributed by atoms with Crippen molar-refractivity contribution in [2.45, 2.75) is 76.9 Å². The highest BCUT2D eigenvalue weighted by molar-refractivity contribution is 5.86. The van der Waals surface area contributed by atoms with Crippen LogP contribution in [0.4, 0.5) is 26.2 Å². The molecule has 274 valence electrons. The zero-order chi connectivity index (χ0) is 36.1. The van der Waals surface area contributed by atoms with E-state index in [4.69, 9.17) is 5.10 Å². The van der Waals surface area contributed by atoms with Crippen molar-refractivity contribution in [2.24, 2.45) is 7.05 Å². The average molecular weight is 715 g/mol. The van der Waals surface area contributed by atoms with Crippen LogP contribution in [0, 0.1) is 0 Å². The third-order valence-electron chi connectivity index (χ3n) is 11.3. The molecule has 15 heteroatoms. The van der Waals surface area contributed by atoms with Gasteiger partial charge in [0.2, 0.25) is 11.9 Å². The van der Waals surface area contributed by atoms with Gasteiger partial charge in [-0.1, -0.05) is 0 Å². The van der Waals surface area contributed by atoms with Gasteiger partial charge in [-0.3, -0.25) is 19.1 Å². The monoisotopic (exact) mass is 714 g/mol. The quantitative estimate of drug-likeness (QED) is 0.279. The second-order valence-electron chi connectivity index (χ2n) is 14.5. The van der Waals surface area contributed by atoms with Crippen molar-refractivity contribution in [1.29, 1.82) is 0 Å². The molecule has 13 nitrogen and oxygen atoms in total. The van der Waals surface area contributed by atoms with Crippen LogP contribution in [0.25, 0.3) is 11.1 Å². The van der Waals surface area contributed by atoms with Gasteiger partial charge in [-0.2, -0.15) is 10.2 Å². The van der Waals surface area contributed by atoms with Gasteiger partial charge in [0, 0.05) is 112 Å². The van der Waals surface area contributed by atoms with E-state index in [9.17, 15) is 23.5 Å². The summed E-state index contributed by atoms with van der Waals surface area (Å²) in [6.45, 7) is 6.77. The molecule has 8 rings (SSSR count). The molecule has 2 saturated heterocycles. The molecule has 52 heavy (non-hydrogen) atoms. The Kier molecular flexibility index (Phi) is 9.14. The molecule has 3 aromatic heterocycles. The Labute approximate surface area is 300 Å². The Hall–Kier alpha value is -4.92. The van der Waals surface area contributed by atoms with E-state index in [-0.39, 0.29) is 23.1 Å². The normalized spacial score (nSPS) is 19.9. The molecule has 0 radical (unpaired) electrons. The van der Waals surface area contributed by atoms with Gasteiger partial charge < -0.3 is 19.8 Å². The van der Waals surface area contributed by atoms with Crippen molar-refractivity contribution >= 4 is 29.3 Å². The van der Waals surface area contributed by atoms with Crippen LogP contribution in [-0.4, -0.2) is 102 Å². The molecule has 2 fully saturated rings. The van der Waals surface area contributed by atoms with Gasteiger partial charge >= 0.3 is 5.97 Å². The number of carboxylic acids is 1. The highest BCUT2D eigenvalue weighted by Gasteiger charge is 2.36. The van der Waals surface area contributed by atoms with Gasteiger partial charge in [0.25, 0.3) is 6.43 Å². The fourth-order valence-corrected chi connectivity index (χ4v) is 8.60. The molecule has 0 aliphatic carbocycles. The molecule has 7 heterocycles. The number of nitrogens with zero attached hydrogens (tertiary/aromatic N) is 10. The Balaban J connectivity index is 1.05. The Morgan fingerprint density at radius 1 is 0.942 bits per heavy atom. The summed E-state index contributed by atoms with van der Waals surface area (Å²) in [4.78, 5) is 41.2. The number of likely N-dealkylation sites (tertiary alicyclic amines) is 1. The van der Waals surface area contributed by atoms with Gasteiger partial charge in [0.1, 0.15) is 0 Å². The minimum Gasteiger partial charge on any atom is -0.478 e. The van der Waals surface area contributed by atoms with Crippen molar-refractivity contribution in [3.8, 4) is 11.1 Å². The molecule has 1 atom stereocenters. The van der Waals surface area contributed by atoms with Crippen molar-refractivity contribution in [3.63, 3.8) is 0 Å². The first-order valence-electron chi connectivity index (χ1n) is 18.3. The van der Waals surface area contributed by atoms with E-state index >= 15 is 0 Å². The number of hydrogen-bond donors (Lipinski definition) is 1. The summed E-state index contributed by atoms with van der Waals surface area (Å²) in [5.41, 5.74) is 5.18. The van der Waals surface area contributed by atoms with E-state index in [0.717, 1.165) is 93.0 Å². The lowest BCUT2D eigenvalue weighted by Crippen LogP contribution is -2.51. The average Bonchev–Trinajstić information content (AvgIpc) is 3.77. The summed E-state index contributed by atoms with van der Waals surface area (Å²) in [5.74, 6) is 0.316. The molecule has 4 aromatic rings. The summed E-state index contributed by atoms with van der Waals surface area (Å²) in [6.07, 6.45) is 9.75. The van der Waals surface area contributed by atoms with Crippen molar-refractivity contribution in [2.75, 3.05) is 49.1 Å². The van der Waals surface area contributed by atoms with Crippen LogP contribution >= 0.6 is 0 Å². The van der Waals surface area contributed by atoms with Crippen LogP contribution < -0.4 is 9.80 Å². The van der Waals surface area contributed by atoms with E-state index in [0.29, 0.717) is 49.2 Å². The van der Waals surface area contributed by atoms with E-state index in [2.05, 4.69) is 34.4 Å². The molecule has 4 aliphatic heterocycles. The number of carbonyl (C=O) groups excluding carboxylic acids is 1. The predicted octanol–water partition coefficient (Wildman–Crippen LogP) is 5.00. The van der Waals surface area contributed by atoms with Gasteiger partial charge in [0.05, 0.1) is 24.3 Å². The number of amides is 1. The number of rotatable bonds is 7. The number of carbonyl (C=O) groups is 2. The Morgan fingerprint density at radius 3 is 2.42 bits per heavy atom. The summed E-state index contributed by atoms with van der Waals surface area (Å²) >= 11 is 0. The molecule has 1 N–H and O–H groups in total. The number of hydrogen-bond acceptors (Lipinski definition) is 9. The summed E-state index contributed by atoms with van der Waals surface area (Å²) < 4.78 is 33.1. The molecule has 0 unspecified atom stereocenters. The number of alkyl halides is 2. The molecule has 4 aliphatic rings. The van der Waals surface area contributed by atoms with Crippen LogP contribution in [-0.2, 0) is 31.2 Å². The van der Waals surface area contributed by atoms with Gasteiger partial charge in [-0.05, 0) is 61.8 Å². The molecule has 0 bridgehead atoms. The van der Waals surface area contributed by atoms with E-state index in [1.54, 1.807) is 37.1 Å². The van der Waals surface area contributed by atoms with Crippen LogP contribution in [0.5, 0.6) is 0 Å². The Bertz CT molecular complexity index is 1970. The summed E-state index contributed by atoms with van der Waals surface area (Å²) in [5, 5.41) is 18.8. The van der Waals surface area contributed by atoms with E-state index < -0.39 is 12.4 Å². The zero-order valence-corrected chi connectivity index (χ0v) is 29.6. The molecule has 1 aromatic carbocycles. The number of benzene rings is 1. The van der Waals surface area contributed by atoms with Crippen molar-refractivity contribution in [3.05, 3.63) is 64.9 Å². The molecular formula is C37H44F2N10O3. The SMILES string of the molecule is CC(=O)N1CCc2c(c(N3CCCc4cc(-c5cnn(C)c5)c(C(F)F)cc43)nn2C2CCN([C@H]3CCCN(c4ncc(C(=O)O)cn4)C3)CC2)C1. The third-order valence-corrected chi connectivity index (χ3v) is 11.3. The fourth-order valence-electron chi connectivity index (χ4n) is 8.60. The minimum absolute atomic E-state index is 0.0163. The van der Waals surface area contributed by atoms with Crippen LogP contribution in [0.1, 0.15) is 84.2 Å². The second kappa shape index (κ2) is 13.9. The van der Waals surface area contributed by atoms with E-state index in [1.165, 1.54) is 12.4 Å². The summed E-state index contributed by atoms with van der Waals surface area (Å²) in [6, 6.07) is 4.08. The minimum atomic E-state index is -2.66. The lowest BCUT2D eigenvalue weighted by molar-refractivity contribution is -0.129. The van der Waals surface area contributed by atoms with Crippen LogP contribution in [0.15, 0.2) is 36.9 Å². The highest BCUT2D eigenvalue weighted by Crippen LogP contribution is 2.44. The van der Waals surface area contributed by atoms with Crippen LogP contribution in [0.2, 0.25) is 0 Å². The number of halogens is 2. The number of aromatic carboxylic acids is 1. The molecule has 0 spiro atoms. The topological polar surface area (TPSA) is 129 Å². The summed E-state index contributed by atoms with van der Waals surface area (Å²) in [7, 11) is 1.78. The maximum absolute atomic E-state index is 14.7. The number of carboxylic acid groups (broad SMARTS) is 1. The van der Waals surface area contributed by atoms with Gasteiger partial charge in [0.15, 0.2) is 5.82 Å². The first-order chi connectivity index (χ1) is 25.1. The fraction of sp³-hybridized carbons (Fsp3) is 0.514. The van der Waals surface area contributed by atoms with Gasteiger partial charge in [-0.15, -0.1) is 0 Å². The maximum atomic E-state index is 14.7. The smallest absolute Gasteiger partial charge is 0.338 e. The van der Waals surface area contributed by atoms with Crippen molar-refractivity contribution in [1.82, 2.24) is 39.3 Å². The number of piperidine rings is 2. The third kappa shape index (κ3) is 6.39. The van der Waals surface area contributed by atoms with Crippen LogP contribution in [0.3, 0.4) is 0 Å². The second-order valence-corrected chi connectivity index (χ2v) is 14.5. The standard InChI is InChI=1S/C37H44F2N10O3/c1-23(50)46-14-9-32-31(22-46)35(48-11-3-5-24-15-29(26-19-42-44(2)20-26)30(34(38)39)16-33(24)48)43-49(32)27-7-12-45(13-8-27)28-6-4-10-47(21-28)37-40-17-25(18-41-37)36(51)52/h15-20,27-28,34H,3-14,21-22H2,1-2H3,(H,51,52)/t28-/m0/s1. The first-order valence-corrected chi connectivity index (χ1v) is 18.3. The molecule has 1 amide bonds. The van der Waals surface area contributed by atoms with Crippen molar-refractivity contribution < 1.29 is 23.5 Å². The maximum Gasteiger partial charge on any atom is 0.338 e. The number of anilines is 3. The Morgan fingerprint density at radius 2 is 1.73 bits per heavy atom. The zero-order valence-electron chi connectivity index (χ0n) is 29.6. The molecular weight excluding hydrogens is 670 g/mol.